The quantitative estimate of drug-likeness (QED) is 0.698. The lowest BCUT2D eigenvalue weighted by Gasteiger charge is -2.06. The molecule has 0 radical (unpaired) electrons. The normalized spacial score (nSPS) is 11.1. The highest BCUT2D eigenvalue weighted by molar-refractivity contribution is 7.98. The lowest BCUT2D eigenvalue weighted by atomic mass is 10.1. The van der Waals surface area contributed by atoms with Gasteiger partial charge in [-0.15, -0.1) is 0 Å². The van der Waals surface area contributed by atoms with Crippen molar-refractivity contribution in [3.8, 4) is 0 Å². The summed E-state index contributed by atoms with van der Waals surface area (Å²) < 4.78 is 0. The summed E-state index contributed by atoms with van der Waals surface area (Å²) in [6.07, 6.45) is 11.3. The van der Waals surface area contributed by atoms with Crippen LogP contribution in [0.3, 0.4) is 0 Å². The third-order valence-electron chi connectivity index (χ3n) is 3.49. The van der Waals surface area contributed by atoms with Gasteiger partial charge in [-0.3, -0.25) is 4.98 Å². The minimum atomic E-state index is 0.961. The number of rotatable bonds is 9. The molecular formula is C17H24N2S. The Morgan fingerprint density at radius 2 is 1.95 bits per heavy atom. The van der Waals surface area contributed by atoms with Gasteiger partial charge in [-0.1, -0.05) is 25.0 Å². The topological polar surface area (TPSA) is 24.9 Å². The van der Waals surface area contributed by atoms with Crippen LogP contribution >= 0.6 is 11.8 Å². The van der Waals surface area contributed by atoms with E-state index in [0.717, 1.165) is 13.1 Å². The number of pyridine rings is 1. The molecule has 1 heterocycles. The predicted octanol–water partition coefficient (Wildman–Crippen LogP) is 4.25. The fraction of sp³-hybridized carbons (Fsp3) is 0.471. The number of fused-ring (bicyclic) bond motifs is 1. The van der Waals surface area contributed by atoms with E-state index in [0.29, 0.717) is 0 Å². The first-order valence-electron chi connectivity index (χ1n) is 7.42. The van der Waals surface area contributed by atoms with Crippen LogP contribution in [0.1, 0.15) is 31.2 Å². The standard InChI is InChI=1S/C17H24N2S/c1-20-11-5-3-2-4-9-18-13-15-6-7-17-14-19-10-8-16(17)12-15/h6-8,10,12,14,18H,2-5,9,11,13H2,1H3. The predicted molar refractivity (Wildman–Crippen MR) is 90.3 cm³/mol. The molecule has 1 aromatic heterocycles. The molecule has 2 nitrogen and oxygen atoms in total. The summed E-state index contributed by atoms with van der Waals surface area (Å²) in [7, 11) is 0. The molecule has 0 amide bonds. The van der Waals surface area contributed by atoms with Gasteiger partial charge in [-0.25, -0.2) is 0 Å². The van der Waals surface area contributed by atoms with Crippen LogP contribution in [0.4, 0.5) is 0 Å². The molecule has 0 fully saturated rings. The number of hydrogen-bond donors (Lipinski definition) is 1. The first kappa shape index (κ1) is 15.3. The summed E-state index contributed by atoms with van der Waals surface area (Å²) in [4.78, 5) is 4.14. The van der Waals surface area contributed by atoms with Gasteiger partial charge in [-0.2, -0.15) is 11.8 Å². The summed E-state index contributed by atoms with van der Waals surface area (Å²) in [5, 5.41) is 6.02. The van der Waals surface area contributed by atoms with Crippen molar-refractivity contribution in [1.82, 2.24) is 10.3 Å². The van der Waals surface area contributed by atoms with Crippen LogP contribution in [0.15, 0.2) is 36.7 Å². The maximum atomic E-state index is 4.14. The van der Waals surface area contributed by atoms with Gasteiger partial charge < -0.3 is 5.32 Å². The Labute approximate surface area is 126 Å². The van der Waals surface area contributed by atoms with Gasteiger partial charge in [-0.05, 0) is 54.5 Å². The molecule has 20 heavy (non-hydrogen) atoms. The number of nitrogens with one attached hydrogen (secondary N) is 1. The fourth-order valence-corrected chi connectivity index (χ4v) is 2.82. The molecule has 0 atom stereocenters. The number of benzene rings is 1. The Morgan fingerprint density at radius 1 is 1.05 bits per heavy atom. The van der Waals surface area contributed by atoms with Gasteiger partial charge in [0.25, 0.3) is 0 Å². The molecule has 1 N–H and O–H groups in total. The molecule has 0 aliphatic carbocycles. The second-order valence-corrected chi connectivity index (χ2v) is 6.13. The van der Waals surface area contributed by atoms with Crippen LogP contribution in [0.5, 0.6) is 0 Å². The fourth-order valence-electron chi connectivity index (χ4n) is 2.33. The van der Waals surface area contributed by atoms with E-state index in [1.807, 2.05) is 24.2 Å². The highest BCUT2D eigenvalue weighted by Gasteiger charge is 1.96. The van der Waals surface area contributed by atoms with E-state index < -0.39 is 0 Å². The molecule has 0 aliphatic rings. The molecule has 0 saturated heterocycles. The van der Waals surface area contributed by atoms with E-state index in [9.17, 15) is 0 Å². The van der Waals surface area contributed by atoms with Gasteiger partial charge in [0, 0.05) is 24.3 Å². The zero-order valence-electron chi connectivity index (χ0n) is 12.3. The van der Waals surface area contributed by atoms with E-state index in [1.165, 1.54) is 47.8 Å². The third-order valence-corrected chi connectivity index (χ3v) is 4.18. The highest BCUT2D eigenvalue weighted by atomic mass is 32.2. The Kier molecular flexibility index (Phi) is 6.89. The lowest BCUT2D eigenvalue weighted by molar-refractivity contribution is 0.600. The molecule has 108 valence electrons. The van der Waals surface area contributed by atoms with Crippen molar-refractivity contribution < 1.29 is 0 Å². The molecule has 0 aliphatic heterocycles. The van der Waals surface area contributed by atoms with E-state index in [2.05, 4.69) is 40.8 Å². The number of hydrogen-bond acceptors (Lipinski definition) is 3. The van der Waals surface area contributed by atoms with Crippen molar-refractivity contribution in [2.75, 3.05) is 18.6 Å². The molecule has 0 bridgehead atoms. The van der Waals surface area contributed by atoms with Gasteiger partial charge >= 0.3 is 0 Å². The van der Waals surface area contributed by atoms with Crippen LogP contribution in [-0.2, 0) is 6.54 Å². The molecule has 1 aromatic carbocycles. The van der Waals surface area contributed by atoms with Crippen molar-refractivity contribution in [2.24, 2.45) is 0 Å². The van der Waals surface area contributed by atoms with Crippen LogP contribution < -0.4 is 5.32 Å². The summed E-state index contributed by atoms with van der Waals surface area (Å²) in [6, 6.07) is 8.67. The van der Waals surface area contributed by atoms with E-state index in [4.69, 9.17) is 0 Å². The molecule has 0 saturated carbocycles. The molecule has 3 heteroatoms. The second-order valence-electron chi connectivity index (χ2n) is 5.14. The summed E-state index contributed by atoms with van der Waals surface area (Å²) in [5.41, 5.74) is 1.35. The van der Waals surface area contributed by atoms with Gasteiger partial charge in [0.05, 0.1) is 0 Å². The number of nitrogens with zero attached hydrogens (tertiary/aromatic N) is 1. The summed E-state index contributed by atoms with van der Waals surface area (Å²) in [6.45, 7) is 2.08. The minimum Gasteiger partial charge on any atom is -0.313 e. The Morgan fingerprint density at radius 3 is 2.85 bits per heavy atom. The third kappa shape index (κ3) is 5.14. The van der Waals surface area contributed by atoms with Crippen molar-refractivity contribution in [3.05, 3.63) is 42.2 Å². The van der Waals surface area contributed by atoms with Crippen LogP contribution in [0, 0.1) is 0 Å². The molecule has 0 spiro atoms. The van der Waals surface area contributed by atoms with Crippen molar-refractivity contribution >= 4 is 22.5 Å². The van der Waals surface area contributed by atoms with E-state index in [1.54, 1.807) is 0 Å². The first-order valence-corrected chi connectivity index (χ1v) is 8.82. The van der Waals surface area contributed by atoms with Gasteiger partial charge in [0.15, 0.2) is 0 Å². The monoisotopic (exact) mass is 288 g/mol. The zero-order valence-corrected chi connectivity index (χ0v) is 13.1. The largest absolute Gasteiger partial charge is 0.313 e. The van der Waals surface area contributed by atoms with Crippen molar-refractivity contribution in [1.29, 1.82) is 0 Å². The Hall–Kier alpha value is -1.06. The highest BCUT2D eigenvalue weighted by Crippen LogP contribution is 2.14. The number of aromatic nitrogens is 1. The van der Waals surface area contributed by atoms with E-state index >= 15 is 0 Å². The van der Waals surface area contributed by atoms with Crippen LogP contribution in [0.2, 0.25) is 0 Å². The average molecular weight is 288 g/mol. The minimum absolute atomic E-state index is 0.961. The summed E-state index contributed by atoms with van der Waals surface area (Å²) in [5.74, 6) is 1.30. The SMILES string of the molecule is CSCCCCCCNCc1ccc2cnccc2c1. The molecular weight excluding hydrogens is 264 g/mol. The van der Waals surface area contributed by atoms with E-state index in [-0.39, 0.29) is 0 Å². The average Bonchev–Trinajstić information content (AvgIpc) is 2.50. The number of unbranched alkanes of at least 4 members (excludes halogenated alkanes) is 3. The lowest BCUT2D eigenvalue weighted by Crippen LogP contribution is -2.14. The number of thioether (sulfide) groups is 1. The Balaban J connectivity index is 1.65. The Bertz CT molecular complexity index is 513. The van der Waals surface area contributed by atoms with Crippen LogP contribution in [0.25, 0.3) is 10.8 Å². The maximum Gasteiger partial charge on any atom is 0.0346 e. The van der Waals surface area contributed by atoms with Crippen LogP contribution in [-0.4, -0.2) is 23.5 Å². The zero-order chi connectivity index (χ0) is 14.0. The van der Waals surface area contributed by atoms with Gasteiger partial charge in [0.2, 0.25) is 0 Å². The first-order chi connectivity index (χ1) is 9.90. The molecule has 2 aromatic rings. The summed E-state index contributed by atoms with van der Waals surface area (Å²) >= 11 is 1.95. The second kappa shape index (κ2) is 8.98. The van der Waals surface area contributed by atoms with Crippen molar-refractivity contribution in [3.63, 3.8) is 0 Å². The van der Waals surface area contributed by atoms with Crippen molar-refractivity contribution in [2.45, 2.75) is 32.2 Å². The smallest absolute Gasteiger partial charge is 0.0346 e. The molecule has 2 rings (SSSR count). The maximum absolute atomic E-state index is 4.14. The van der Waals surface area contributed by atoms with Gasteiger partial charge in [0.1, 0.15) is 0 Å². The molecule has 0 unspecified atom stereocenters.